The summed E-state index contributed by atoms with van der Waals surface area (Å²) in [5.41, 5.74) is 7.39. The van der Waals surface area contributed by atoms with E-state index in [1.165, 1.54) is 40.8 Å². The van der Waals surface area contributed by atoms with Gasteiger partial charge >= 0.3 is 0 Å². The van der Waals surface area contributed by atoms with Crippen LogP contribution in [0.5, 0.6) is 0 Å². The molecule has 1 fully saturated rings. The first-order chi connectivity index (χ1) is 9.13. The Bertz CT molecular complexity index is 571. The molecule has 0 amide bonds. The largest absolute Gasteiger partial charge is 0.308 e. The topological polar surface area (TPSA) is 40.7 Å². The summed E-state index contributed by atoms with van der Waals surface area (Å²) in [6.45, 7) is 7.35. The van der Waals surface area contributed by atoms with E-state index in [0.717, 1.165) is 18.3 Å². The van der Waals surface area contributed by atoms with Crippen LogP contribution in [-0.2, 0) is 6.54 Å². The molecule has 1 aromatic heterocycles. The molecule has 1 saturated carbocycles. The first kappa shape index (κ1) is 12.4. The van der Waals surface area contributed by atoms with Gasteiger partial charge in [0.1, 0.15) is 0 Å². The summed E-state index contributed by atoms with van der Waals surface area (Å²) >= 11 is 0. The van der Waals surface area contributed by atoms with Crippen LogP contribution in [0.3, 0.4) is 0 Å². The molecular weight excluding hydrogens is 234 g/mol. The molecule has 0 aliphatic heterocycles. The molecule has 3 rings (SSSR count). The van der Waals surface area contributed by atoms with Crippen LogP contribution in [0.15, 0.2) is 18.2 Å². The number of rotatable bonds is 4. The monoisotopic (exact) mass is 255 g/mol. The molecule has 100 valence electrons. The second kappa shape index (κ2) is 4.82. The van der Waals surface area contributed by atoms with Gasteiger partial charge in [-0.15, -0.1) is 0 Å². The summed E-state index contributed by atoms with van der Waals surface area (Å²) in [6.07, 6.45) is 2.63. The highest BCUT2D eigenvalue weighted by atomic mass is 15.1. The van der Waals surface area contributed by atoms with Crippen molar-refractivity contribution >= 4 is 0 Å². The van der Waals surface area contributed by atoms with Crippen molar-refractivity contribution in [2.45, 2.75) is 46.2 Å². The average Bonchev–Trinajstić information content (AvgIpc) is 3.05. The minimum atomic E-state index is 0.731. The maximum Gasteiger partial charge on any atom is 0.0929 e. The van der Waals surface area contributed by atoms with Crippen molar-refractivity contribution in [2.75, 3.05) is 0 Å². The molecule has 1 aliphatic rings. The fraction of sp³-hybridized carbons (Fsp3) is 0.438. The van der Waals surface area contributed by atoms with Gasteiger partial charge in [-0.25, -0.2) is 0 Å². The summed E-state index contributed by atoms with van der Waals surface area (Å²) in [6, 6.07) is 7.34. The minimum Gasteiger partial charge on any atom is -0.308 e. The minimum absolute atomic E-state index is 0.731. The first-order valence-corrected chi connectivity index (χ1v) is 6.99. The summed E-state index contributed by atoms with van der Waals surface area (Å²) in [5, 5.41) is 11.1. The Morgan fingerprint density at radius 1 is 1.16 bits per heavy atom. The van der Waals surface area contributed by atoms with E-state index in [1.54, 1.807) is 0 Å². The van der Waals surface area contributed by atoms with Crippen LogP contribution < -0.4 is 5.32 Å². The average molecular weight is 255 g/mol. The van der Waals surface area contributed by atoms with Crippen LogP contribution in [0.4, 0.5) is 0 Å². The van der Waals surface area contributed by atoms with Gasteiger partial charge in [0.25, 0.3) is 0 Å². The summed E-state index contributed by atoms with van der Waals surface area (Å²) in [4.78, 5) is 0. The van der Waals surface area contributed by atoms with Gasteiger partial charge in [-0.2, -0.15) is 5.10 Å². The molecule has 1 aliphatic carbocycles. The van der Waals surface area contributed by atoms with Gasteiger partial charge in [-0.05, 0) is 50.8 Å². The Kier molecular flexibility index (Phi) is 3.15. The van der Waals surface area contributed by atoms with E-state index in [2.05, 4.69) is 54.5 Å². The van der Waals surface area contributed by atoms with Gasteiger partial charge in [0.15, 0.2) is 0 Å². The number of hydrogen-bond acceptors (Lipinski definition) is 2. The Hall–Kier alpha value is -1.61. The molecule has 0 spiro atoms. The van der Waals surface area contributed by atoms with Gasteiger partial charge < -0.3 is 5.32 Å². The predicted octanol–water partition coefficient (Wildman–Crippen LogP) is 3.25. The second-order valence-electron chi connectivity index (χ2n) is 5.71. The van der Waals surface area contributed by atoms with E-state index in [4.69, 9.17) is 0 Å². The fourth-order valence-electron chi connectivity index (χ4n) is 2.71. The van der Waals surface area contributed by atoms with E-state index in [-0.39, 0.29) is 0 Å². The van der Waals surface area contributed by atoms with Crippen molar-refractivity contribution in [2.24, 2.45) is 0 Å². The first-order valence-electron chi connectivity index (χ1n) is 6.99. The zero-order chi connectivity index (χ0) is 13.4. The normalized spacial score (nSPS) is 14.9. The standard InChI is InChI=1S/C16H21N3/c1-10-6-11(2)16(12(3)7-10)15-8-14(18-19-15)9-17-13-4-5-13/h6-8,13,17H,4-5,9H2,1-3H3,(H,18,19). The maximum absolute atomic E-state index is 4.47. The highest BCUT2D eigenvalue weighted by Gasteiger charge is 2.20. The van der Waals surface area contributed by atoms with Gasteiger partial charge in [0, 0.05) is 23.8 Å². The van der Waals surface area contributed by atoms with Gasteiger partial charge in [0.2, 0.25) is 0 Å². The summed E-state index contributed by atoms with van der Waals surface area (Å²) in [7, 11) is 0. The number of nitrogens with one attached hydrogen (secondary N) is 2. The highest BCUT2D eigenvalue weighted by molar-refractivity contribution is 5.68. The fourth-order valence-corrected chi connectivity index (χ4v) is 2.71. The van der Waals surface area contributed by atoms with Gasteiger partial charge in [-0.3, -0.25) is 5.10 Å². The van der Waals surface area contributed by atoms with Crippen molar-refractivity contribution in [3.63, 3.8) is 0 Å². The second-order valence-corrected chi connectivity index (χ2v) is 5.71. The lowest BCUT2D eigenvalue weighted by molar-refractivity contribution is 0.672. The highest BCUT2D eigenvalue weighted by Crippen LogP contribution is 2.27. The van der Waals surface area contributed by atoms with Crippen molar-refractivity contribution in [3.8, 4) is 11.3 Å². The van der Waals surface area contributed by atoms with E-state index < -0.39 is 0 Å². The van der Waals surface area contributed by atoms with Gasteiger partial charge in [-0.1, -0.05) is 17.7 Å². The Morgan fingerprint density at radius 2 is 1.84 bits per heavy atom. The third-order valence-corrected chi connectivity index (χ3v) is 3.72. The Labute approximate surface area is 114 Å². The summed E-state index contributed by atoms with van der Waals surface area (Å²) in [5.74, 6) is 0. The molecule has 1 aromatic carbocycles. The SMILES string of the molecule is Cc1cc(C)c(-c2cc(CNC3CC3)[nH]n2)c(C)c1. The van der Waals surface area contributed by atoms with Crippen LogP contribution >= 0.6 is 0 Å². The lowest BCUT2D eigenvalue weighted by Crippen LogP contribution is -2.15. The number of nitrogens with zero attached hydrogens (tertiary/aromatic N) is 1. The number of H-pyrrole nitrogens is 1. The zero-order valence-electron chi connectivity index (χ0n) is 11.9. The van der Waals surface area contributed by atoms with Crippen LogP contribution in [-0.4, -0.2) is 16.2 Å². The van der Waals surface area contributed by atoms with Crippen LogP contribution in [0.2, 0.25) is 0 Å². The molecule has 19 heavy (non-hydrogen) atoms. The lowest BCUT2D eigenvalue weighted by atomic mass is 9.97. The number of aromatic nitrogens is 2. The smallest absolute Gasteiger partial charge is 0.0929 e. The van der Waals surface area contributed by atoms with E-state index in [1.807, 2.05) is 0 Å². The molecule has 2 aromatic rings. The molecule has 0 atom stereocenters. The van der Waals surface area contributed by atoms with Crippen LogP contribution in [0.1, 0.15) is 35.2 Å². The van der Waals surface area contributed by atoms with E-state index >= 15 is 0 Å². The van der Waals surface area contributed by atoms with Crippen molar-refractivity contribution in [1.29, 1.82) is 0 Å². The predicted molar refractivity (Wildman–Crippen MR) is 78.1 cm³/mol. The molecule has 0 radical (unpaired) electrons. The molecular formula is C16H21N3. The summed E-state index contributed by atoms with van der Waals surface area (Å²) < 4.78 is 0. The number of benzene rings is 1. The van der Waals surface area contributed by atoms with E-state index in [9.17, 15) is 0 Å². The molecule has 3 nitrogen and oxygen atoms in total. The molecule has 0 bridgehead atoms. The zero-order valence-corrected chi connectivity index (χ0v) is 11.9. The molecule has 1 heterocycles. The van der Waals surface area contributed by atoms with E-state index in [0.29, 0.717) is 0 Å². The Balaban J connectivity index is 1.85. The molecule has 0 unspecified atom stereocenters. The van der Waals surface area contributed by atoms with Crippen LogP contribution in [0, 0.1) is 20.8 Å². The third kappa shape index (κ3) is 2.71. The van der Waals surface area contributed by atoms with Crippen molar-refractivity contribution in [1.82, 2.24) is 15.5 Å². The quantitative estimate of drug-likeness (QED) is 0.880. The molecule has 3 heteroatoms. The number of hydrogen-bond donors (Lipinski definition) is 2. The maximum atomic E-state index is 4.47. The van der Waals surface area contributed by atoms with Crippen LogP contribution in [0.25, 0.3) is 11.3 Å². The number of aromatic amines is 1. The third-order valence-electron chi connectivity index (χ3n) is 3.72. The lowest BCUT2D eigenvalue weighted by Gasteiger charge is -2.08. The molecule has 0 saturated heterocycles. The van der Waals surface area contributed by atoms with Crippen molar-refractivity contribution in [3.05, 3.63) is 40.6 Å². The number of aryl methyl sites for hydroxylation is 3. The Morgan fingerprint density at radius 3 is 2.47 bits per heavy atom. The molecule has 2 N–H and O–H groups in total. The van der Waals surface area contributed by atoms with Crippen molar-refractivity contribution < 1.29 is 0 Å². The van der Waals surface area contributed by atoms with Gasteiger partial charge in [0.05, 0.1) is 5.69 Å².